The molecule has 1 aromatic heterocycles. The normalized spacial score (nSPS) is 11.4. The van der Waals surface area contributed by atoms with E-state index in [0.717, 1.165) is 34.0 Å². The van der Waals surface area contributed by atoms with Gasteiger partial charge in [0.15, 0.2) is 4.80 Å². The van der Waals surface area contributed by atoms with Gasteiger partial charge in [-0.15, -0.1) is 6.42 Å². The number of hydrogen-bond donors (Lipinski definition) is 0. The first kappa shape index (κ1) is 18.9. The molecule has 0 saturated carbocycles. The van der Waals surface area contributed by atoms with E-state index in [9.17, 15) is 25.0 Å². The van der Waals surface area contributed by atoms with E-state index in [-0.39, 0.29) is 12.1 Å². The van der Waals surface area contributed by atoms with Crippen molar-refractivity contribution in [3.8, 4) is 12.3 Å². The van der Waals surface area contributed by atoms with Crippen LogP contribution in [-0.4, -0.2) is 20.3 Å². The van der Waals surface area contributed by atoms with Gasteiger partial charge in [0.2, 0.25) is 0 Å². The number of aromatic nitrogens is 1. The number of hydrogen-bond acceptors (Lipinski definition) is 6. The van der Waals surface area contributed by atoms with Crippen LogP contribution in [0.4, 0.5) is 11.4 Å². The summed E-state index contributed by atoms with van der Waals surface area (Å²) in [4.78, 5) is 37.3. The molecule has 3 rings (SSSR count). The number of amides is 1. The maximum absolute atomic E-state index is 12.6. The summed E-state index contributed by atoms with van der Waals surface area (Å²) in [5.41, 5.74) is 0.452. The van der Waals surface area contributed by atoms with Gasteiger partial charge in [-0.05, 0) is 24.6 Å². The minimum absolute atomic E-state index is 0.171. The van der Waals surface area contributed by atoms with Gasteiger partial charge in [0.25, 0.3) is 17.3 Å². The van der Waals surface area contributed by atoms with Gasteiger partial charge in [-0.2, -0.15) is 4.99 Å². The third-order valence-corrected chi connectivity index (χ3v) is 4.90. The van der Waals surface area contributed by atoms with Gasteiger partial charge >= 0.3 is 0 Å². The largest absolute Gasteiger partial charge is 0.305 e. The Labute approximate surface area is 161 Å². The molecule has 140 valence electrons. The summed E-state index contributed by atoms with van der Waals surface area (Å²) in [6.07, 6.45) is 5.42. The van der Waals surface area contributed by atoms with E-state index < -0.39 is 27.1 Å². The van der Waals surface area contributed by atoms with Crippen LogP contribution in [0.5, 0.6) is 0 Å². The first-order chi connectivity index (χ1) is 13.3. The topological polar surface area (TPSA) is 121 Å². The zero-order valence-corrected chi connectivity index (χ0v) is 15.3. The Balaban J connectivity index is 2.18. The van der Waals surface area contributed by atoms with Gasteiger partial charge in [0.1, 0.15) is 0 Å². The minimum atomic E-state index is -0.833. The van der Waals surface area contributed by atoms with E-state index in [4.69, 9.17) is 6.42 Å². The Morgan fingerprint density at radius 2 is 1.82 bits per heavy atom. The van der Waals surface area contributed by atoms with Crippen LogP contribution in [0, 0.1) is 39.5 Å². The third kappa shape index (κ3) is 3.65. The van der Waals surface area contributed by atoms with Crippen LogP contribution in [0.3, 0.4) is 0 Å². The number of carbonyl (C=O) groups is 1. The number of rotatable bonds is 4. The molecule has 1 heterocycles. The first-order valence-corrected chi connectivity index (χ1v) is 8.68. The van der Waals surface area contributed by atoms with Crippen molar-refractivity contribution in [3.05, 3.63) is 72.6 Å². The van der Waals surface area contributed by atoms with Crippen LogP contribution < -0.4 is 4.80 Å². The van der Waals surface area contributed by atoms with Gasteiger partial charge in [-0.1, -0.05) is 23.3 Å². The Morgan fingerprint density at radius 1 is 1.18 bits per heavy atom. The van der Waals surface area contributed by atoms with Crippen molar-refractivity contribution in [2.75, 3.05) is 0 Å². The zero-order valence-electron chi connectivity index (χ0n) is 14.5. The van der Waals surface area contributed by atoms with E-state index in [1.807, 2.05) is 25.1 Å². The molecular weight excluding hydrogens is 384 g/mol. The second kappa shape index (κ2) is 7.42. The lowest BCUT2D eigenvalue weighted by Gasteiger charge is -2.00. The molecule has 1 amide bonds. The summed E-state index contributed by atoms with van der Waals surface area (Å²) in [5.74, 6) is 1.67. The summed E-state index contributed by atoms with van der Waals surface area (Å²) >= 11 is 1.23. The maximum Gasteiger partial charge on any atom is 0.280 e. The molecule has 0 fully saturated rings. The minimum Gasteiger partial charge on any atom is -0.305 e. The standard InChI is InChI=1S/C18H12N4O5S/c1-3-6-20-15-5-4-11(2)7-16(15)28-18(20)19-17(23)12-8-13(21(24)25)10-14(9-12)22(26)27/h1,4-5,7-10H,6H2,2H3. The summed E-state index contributed by atoms with van der Waals surface area (Å²) in [6.45, 7) is 2.10. The highest BCUT2D eigenvalue weighted by Crippen LogP contribution is 2.23. The number of fused-ring (bicyclic) bond motifs is 1. The summed E-state index contributed by atoms with van der Waals surface area (Å²) in [5, 5.41) is 22.0. The third-order valence-electron chi connectivity index (χ3n) is 3.86. The number of carbonyl (C=O) groups excluding carboxylic acids is 1. The number of nitro benzene ring substituents is 2. The highest BCUT2D eigenvalue weighted by atomic mass is 32.1. The molecule has 0 N–H and O–H groups in total. The second-order valence-corrected chi connectivity index (χ2v) is 6.82. The molecule has 0 radical (unpaired) electrons. The molecule has 2 aromatic carbocycles. The fourth-order valence-electron chi connectivity index (χ4n) is 2.59. The number of thiazole rings is 1. The predicted molar refractivity (Wildman–Crippen MR) is 103 cm³/mol. The molecule has 10 heteroatoms. The Hall–Kier alpha value is -3.84. The van der Waals surface area contributed by atoms with E-state index in [1.54, 1.807) is 4.57 Å². The van der Waals surface area contributed by atoms with E-state index >= 15 is 0 Å². The number of terminal acetylenes is 1. The number of nitrogens with zero attached hydrogens (tertiary/aromatic N) is 4. The van der Waals surface area contributed by atoms with E-state index in [2.05, 4.69) is 10.9 Å². The predicted octanol–water partition coefficient (Wildman–Crippen LogP) is 3.20. The van der Waals surface area contributed by atoms with Crippen molar-refractivity contribution < 1.29 is 14.6 Å². The molecule has 0 atom stereocenters. The fourth-order valence-corrected chi connectivity index (χ4v) is 3.72. The number of benzene rings is 2. The van der Waals surface area contributed by atoms with Crippen molar-refractivity contribution in [1.29, 1.82) is 0 Å². The van der Waals surface area contributed by atoms with E-state index in [1.165, 1.54) is 11.3 Å². The lowest BCUT2D eigenvalue weighted by Crippen LogP contribution is -2.16. The molecule has 0 spiro atoms. The fraction of sp³-hybridized carbons (Fsp3) is 0.111. The van der Waals surface area contributed by atoms with Gasteiger partial charge in [0, 0.05) is 12.1 Å². The van der Waals surface area contributed by atoms with Crippen LogP contribution >= 0.6 is 11.3 Å². The van der Waals surface area contributed by atoms with Crippen LogP contribution in [0.25, 0.3) is 10.2 Å². The molecule has 3 aromatic rings. The van der Waals surface area contributed by atoms with Crippen LogP contribution in [0.2, 0.25) is 0 Å². The summed E-state index contributed by atoms with van der Waals surface area (Å²) in [6, 6.07) is 8.40. The Bertz CT molecular complexity index is 1220. The smallest absolute Gasteiger partial charge is 0.280 e. The van der Waals surface area contributed by atoms with Gasteiger partial charge in [-0.3, -0.25) is 25.0 Å². The summed E-state index contributed by atoms with van der Waals surface area (Å²) < 4.78 is 2.54. The lowest BCUT2D eigenvalue weighted by atomic mass is 10.1. The Kier molecular flexibility index (Phi) is 5.02. The molecule has 0 unspecified atom stereocenters. The lowest BCUT2D eigenvalue weighted by molar-refractivity contribution is -0.394. The molecular formula is C18H12N4O5S. The average Bonchev–Trinajstić information content (AvgIpc) is 2.97. The number of non-ortho nitro benzene ring substituents is 2. The van der Waals surface area contributed by atoms with Crippen molar-refractivity contribution >= 4 is 38.8 Å². The average molecular weight is 396 g/mol. The quantitative estimate of drug-likeness (QED) is 0.381. The molecule has 0 saturated heterocycles. The van der Waals surface area contributed by atoms with E-state index in [0.29, 0.717) is 4.80 Å². The molecule has 9 nitrogen and oxygen atoms in total. The molecule has 0 aliphatic carbocycles. The maximum atomic E-state index is 12.6. The van der Waals surface area contributed by atoms with Crippen molar-refractivity contribution in [3.63, 3.8) is 0 Å². The van der Waals surface area contributed by atoms with Gasteiger partial charge in [-0.25, -0.2) is 0 Å². The highest BCUT2D eigenvalue weighted by molar-refractivity contribution is 7.16. The molecule has 0 aliphatic rings. The second-order valence-electron chi connectivity index (χ2n) is 5.82. The monoisotopic (exact) mass is 396 g/mol. The number of aryl methyl sites for hydroxylation is 1. The van der Waals surface area contributed by atoms with Crippen LogP contribution in [0.1, 0.15) is 15.9 Å². The highest BCUT2D eigenvalue weighted by Gasteiger charge is 2.20. The molecule has 28 heavy (non-hydrogen) atoms. The van der Waals surface area contributed by atoms with Crippen LogP contribution in [-0.2, 0) is 6.54 Å². The van der Waals surface area contributed by atoms with Crippen molar-refractivity contribution in [2.45, 2.75) is 13.5 Å². The van der Waals surface area contributed by atoms with Crippen molar-refractivity contribution in [1.82, 2.24) is 4.57 Å². The zero-order chi connectivity index (χ0) is 20.4. The van der Waals surface area contributed by atoms with Crippen LogP contribution in [0.15, 0.2) is 41.4 Å². The van der Waals surface area contributed by atoms with Gasteiger partial charge < -0.3 is 4.57 Å². The first-order valence-electron chi connectivity index (χ1n) is 7.86. The molecule has 0 aliphatic heterocycles. The Morgan fingerprint density at radius 3 is 2.39 bits per heavy atom. The summed E-state index contributed by atoms with van der Waals surface area (Å²) in [7, 11) is 0. The SMILES string of the molecule is C#CCn1c(=NC(=O)c2cc([N+](=O)[O-])cc([N+](=O)[O-])c2)sc2cc(C)ccc21. The molecule has 0 bridgehead atoms. The number of nitro groups is 2. The van der Waals surface area contributed by atoms with Crippen molar-refractivity contribution in [2.24, 2.45) is 4.99 Å². The van der Waals surface area contributed by atoms with Gasteiger partial charge in [0.05, 0.1) is 38.2 Å².